The molecular formula is C13H20. The standard InChI is InChI=1S/C13H20/c1-5-12(6-2)13-9-7-8-10(3)11(13)4/h5,10H,1,4,6-9H2,2-3H3/b13-12+. The lowest BCUT2D eigenvalue weighted by Crippen LogP contribution is -2.09. The SMILES string of the molecule is C=C/C(CC)=C1/CCCC(C)C1=C. The van der Waals surface area contributed by atoms with E-state index in [1.807, 2.05) is 6.08 Å². The Labute approximate surface area is 82.0 Å². The van der Waals surface area contributed by atoms with Gasteiger partial charge >= 0.3 is 0 Å². The Kier molecular flexibility index (Phi) is 3.53. The van der Waals surface area contributed by atoms with E-state index in [2.05, 4.69) is 27.0 Å². The normalized spacial score (nSPS) is 27.2. The van der Waals surface area contributed by atoms with Crippen LogP contribution in [-0.2, 0) is 0 Å². The maximum absolute atomic E-state index is 4.19. The van der Waals surface area contributed by atoms with Gasteiger partial charge in [0.1, 0.15) is 0 Å². The summed E-state index contributed by atoms with van der Waals surface area (Å²) in [6.45, 7) is 12.5. The second-order valence-corrected chi connectivity index (χ2v) is 3.88. The lowest BCUT2D eigenvalue weighted by atomic mass is 9.80. The summed E-state index contributed by atoms with van der Waals surface area (Å²) in [4.78, 5) is 0. The summed E-state index contributed by atoms with van der Waals surface area (Å²) < 4.78 is 0. The van der Waals surface area contributed by atoms with E-state index in [0.29, 0.717) is 5.92 Å². The van der Waals surface area contributed by atoms with Crippen molar-refractivity contribution in [3.05, 3.63) is 36.0 Å². The fourth-order valence-corrected chi connectivity index (χ4v) is 2.06. The molecule has 1 saturated carbocycles. The van der Waals surface area contributed by atoms with Crippen molar-refractivity contribution in [1.82, 2.24) is 0 Å². The first kappa shape index (κ1) is 10.3. The van der Waals surface area contributed by atoms with Crippen LogP contribution in [0.5, 0.6) is 0 Å². The van der Waals surface area contributed by atoms with Gasteiger partial charge in [0.25, 0.3) is 0 Å². The summed E-state index contributed by atoms with van der Waals surface area (Å²) in [7, 11) is 0. The molecule has 0 heteroatoms. The predicted molar refractivity (Wildman–Crippen MR) is 59.7 cm³/mol. The Morgan fingerprint density at radius 3 is 2.85 bits per heavy atom. The molecular weight excluding hydrogens is 156 g/mol. The molecule has 0 saturated heterocycles. The Balaban J connectivity index is 2.94. The largest absolute Gasteiger partial charge is 0.0988 e. The number of hydrogen-bond acceptors (Lipinski definition) is 0. The molecule has 1 aliphatic carbocycles. The highest BCUT2D eigenvalue weighted by atomic mass is 14.2. The summed E-state index contributed by atoms with van der Waals surface area (Å²) in [6, 6.07) is 0. The van der Waals surface area contributed by atoms with Crippen molar-refractivity contribution in [2.24, 2.45) is 5.92 Å². The third kappa shape index (κ3) is 2.12. The molecule has 0 heterocycles. The van der Waals surface area contributed by atoms with Crippen LogP contribution >= 0.6 is 0 Å². The van der Waals surface area contributed by atoms with Crippen molar-refractivity contribution >= 4 is 0 Å². The molecule has 72 valence electrons. The van der Waals surface area contributed by atoms with Gasteiger partial charge in [0, 0.05) is 0 Å². The van der Waals surface area contributed by atoms with Gasteiger partial charge in [0.2, 0.25) is 0 Å². The molecule has 0 aliphatic heterocycles. The zero-order valence-electron chi connectivity index (χ0n) is 8.90. The highest BCUT2D eigenvalue weighted by Gasteiger charge is 2.18. The molecule has 0 N–H and O–H groups in total. The Morgan fingerprint density at radius 2 is 2.31 bits per heavy atom. The predicted octanol–water partition coefficient (Wildman–Crippen LogP) is 4.26. The number of hydrogen-bond donors (Lipinski definition) is 0. The molecule has 0 bridgehead atoms. The fraction of sp³-hybridized carbons (Fsp3) is 0.538. The van der Waals surface area contributed by atoms with Crippen LogP contribution in [0.25, 0.3) is 0 Å². The maximum atomic E-state index is 4.19. The van der Waals surface area contributed by atoms with Crippen LogP contribution < -0.4 is 0 Å². The molecule has 1 fully saturated rings. The van der Waals surface area contributed by atoms with Crippen molar-refractivity contribution in [2.45, 2.75) is 39.5 Å². The number of allylic oxidation sites excluding steroid dienone is 4. The third-order valence-electron chi connectivity index (χ3n) is 3.06. The molecule has 1 rings (SSSR count). The first-order valence-corrected chi connectivity index (χ1v) is 5.24. The monoisotopic (exact) mass is 176 g/mol. The van der Waals surface area contributed by atoms with Crippen molar-refractivity contribution in [3.8, 4) is 0 Å². The maximum Gasteiger partial charge on any atom is -0.0193 e. The minimum absolute atomic E-state index is 0.672. The summed E-state index contributed by atoms with van der Waals surface area (Å²) in [5.74, 6) is 0.672. The molecule has 1 unspecified atom stereocenters. The van der Waals surface area contributed by atoms with Crippen LogP contribution in [0.15, 0.2) is 36.0 Å². The Hall–Kier alpha value is -0.780. The highest BCUT2D eigenvalue weighted by Crippen LogP contribution is 2.35. The van der Waals surface area contributed by atoms with E-state index in [0.717, 1.165) is 6.42 Å². The van der Waals surface area contributed by atoms with Gasteiger partial charge in [-0.3, -0.25) is 0 Å². The average Bonchev–Trinajstić information content (AvgIpc) is 2.14. The number of rotatable bonds is 2. The van der Waals surface area contributed by atoms with Crippen LogP contribution in [-0.4, -0.2) is 0 Å². The van der Waals surface area contributed by atoms with Crippen LogP contribution in [0, 0.1) is 5.92 Å². The molecule has 0 spiro atoms. The van der Waals surface area contributed by atoms with Crippen LogP contribution in [0.3, 0.4) is 0 Å². The minimum Gasteiger partial charge on any atom is -0.0988 e. The zero-order valence-corrected chi connectivity index (χ0v) is 8.90. The molecule has 0 aromatic rings. The van der Waals surface area contributed by atoms with E-state index in [9.17, 15) is 0 Å². The van der Waals surface area contributed by atoms with Gasteiger partial charge in [-0.2, -0.15) is 0 Å². The molecule has 1 atom stereocenters. The average molecular weight is 176 g/mol. The topological polar surface area (TPSA) is 0 Å². The lowest BCUT2D eigenvalue weighted by molar-refractivity contribution is 0.538. The first-order valence-electron chi connectivity index (χ1n) is 5.24. The molecule has 0 amide bonds. The van der Waals surface area contributed by atoms with E-state index in [-0.39, 0.29) is 0 Å². The second kappa shape index (κ2) is 4.45. The Bertz CT molecular complexity index is 243. The summed E-state index contributed by atoms with van der Waals surface area (Å²) in [5.41, 5.74) is 4.23. The molecule has 0 nitrogen and oxygen atoms in total. The van der Waals surface area contributed by atoms with Crippen molar-refractivity contribution in [1.29, 1.82) is 0 Å². The smallest absolute Gasteiger partial charge is 0.0193 e. The molecule has 0 aromatic carbocycles. The highest BCUT2D eigenvalue weighted by molar-refractivity contribution is 5.40. The Morgan fingerprint density at radius 1 is 1.62 bits per heavy atom. The quantitative estimate of drug-likeness (QED) is 0.590. The van der Waals surface area contributed by atoms with Gasteiger partial charge < -0.3 is 0 Å². The van der Waals surface area contributed by atoms with E-state index in [1.54, 1.807) is 0 Å². The summed E-state index contributed by atoms with van der Waals surface area (Å²) >= 11 is 0. The van der Waals surface area contributed by atoms with Gasteiger partial charge in [-0.05, 0) is 48.3 Å². The fourth-order valence-electron chi connectivity index (χ4n) is 2.06. The van der Waals surface area contributed by atoms with Gasteiger partial charge in [-0.1, -0.05) is 33.1 Å². The van der Waals surface area contributed by atoms with E-state index < -0.39 is 0 Å². The van der Waals surface area contributed by atoms with E-state index >= 15 is 0 Å². The summed E-state index contributed by atoms with van der Waals surface area (Å²) in [5, 5.41) is 0. The van der Waals surface area contributed by atoms with E-state index in [4.69, 9.17) is 0 Å². The molecule has 1 aliphatic rings. The molecule has 13 heavy (non-hydrogen) atoms. The van der Waals surface area contributed by atoms with Crippen LogP contribution in [0.2, 0.25) is 0 Å². The van der Waals surface area contributed by atoms with Crippen LogP contribution in [0.1, 0.15) is 39.5 Å². The molecule has 0 aromatic heterocycles. The van der Waals surface area contributed by atoms with Gasteiger partial charge in [0.05, 0.1) is 0 Å². The van der Waals surface area contributed by atoms with Crippen molar-refractivity contribution < 1.29 is 0 Å². The van der Waals surface area contributed by atoms with Gasteiger partial charge in [0.15, 0.2) is 0 Å². The third-order valence-corrected chi connectivity index (χ3v) is 3.06. The van der Waals surface area contributed by atoms with Crippen molar-refractivity contribution in [2.75, 3.05) is 0 Å². The van der Waals surface area contributed by atoms with Gasteiger partial charge in [-0.25, -0.2) is 0 Å². The first-order chi connectivity index (χ1) is 6.20. The molecule has 0 radical (unpaired) electrons. The minimum atomic E-state index is 0.672. The van der Waals surface area contributed by atoms with Crippen LogP contribution in [0.4, 0.5) is 0 Å². The van der Waals surface area contributed by atoms with Crippen molar-refractivity contribution in [3.63, 3.8) is 0 Å². The summed E-state index contributed by atoms with van der Waals surface area (Å²) in [6.07, 6.45) is 6.91. The lowest BCUT2D eigenvalue weighted by Gasteiger charge is -2.25. The van der Waals surface area contributed by atoms with Gasteiger partial charge in [-0.15, -0.1) is 0 Å². The van der Waals surface area contributed by atoms with E-state index in [1.165, 1.54) is 36.0 Å². The zero-order chi connectivity index (χ0) is 9.84. The second-order valence-electron chi connectivity index (χ2n) is 3.88.